The number of nitrogens with one attached hydrogen (secondary N) is 1. The minimum absolute atomic E-state index is 0.0223. The number of rotatable bonds is 3. The van der Waals surface area contributed by atoms with Gasteiger partial charge >= 0.3 is 0 Å². The van der Waals surface area contributed by atoms with E-state index < -0.39 is 0 Å². The second-order valence-electron chi connectivity index (χ2n) is 5.00. The van der Waals surface area contributed by atoms with Crippen LogP contribution in [0.1, 0.15) is 39.3 Å². The van der Waals surface area contributed by atoms with E-state index in [1.165, 1.54) is 13.2 Å². The molecule has 0 heterocycles. The van der Waals surface area contributed by atoms with Crippen molar-refractivity contribution in [2.75, 3.05) is 7.11 Å². The monoisotopic (exact) mass is 225 g/mol. The Balaban J connectivity index is 2.88. The molecule has 3 heteroatoms. The smallest absolute Gasteiger partial charge is 0.131 e. The molecule has 0 fully saturated rings. The van der Waals surface area contributed by atoms with Gasteiger partial charge in [0.15, 0.2) is 0 Å². The summed E-state index contributed by atoms with van der Waals surface area (Å²) in [6, 6.07) is 4.93. The standard InChI is InChI=1S/C13H20FNO/c1-9(15-13(2,3)4)11-7-6-10(16-5)8-12(11)14/h6-9,15H,1-5H3/t9-/m0/s1. The molecule has 0 aliphatic rings. The van der Waals surface area contributed by atoms with Crippen molar-refractivity contribution in [3.05, 3.63) is 29.6 Å². The molecule has 0 unspecified atom stereocenters. The van der Waals surface area contributed by atoms with E-state index in [9.17, 15) is 4.39 Å². The van der Waals surface area contributed by atoms with Crippen molar-refractivity contribution in [3.63, 3.8) is 0 Å². The molecular formula is C13H20FNO. The summed E-state index contributed by atoms with van der Waals surface area (Å²) < 4.78 is 18.7. The van der Waals surface area contributed by atoms with Crippen molar-refractivity contribution in [1.29, 1.82) is 0 Å². The topological polar surface area (TPSA) is 21.3 Å². The van der Waals surface area contributed by atoms with Crippen LogP contribution in [0.25, 0.3) is 0 Å². The van der Waals surface area contributed by atoms with Crippen molar-refractivity contribution in [3.8, 4) is 5.75 Å². The highest BCUT2D eigenvalue weighted by Gasteiger charge is 2.17. The van der Waals surface area contributed by atoms with E-state index in [1.807, 2.05) is 6.92 Å². The van der Waals surface area contributed by atoms with Crippen LogP contribution in [0.15, 0.2) is 18.2 Å². The van der Waals surface area contributed by atoms with Gasteiger partial charge in [0.25, 0.3) is 0 Å². The SMILES string of the molecule is COc1ccc([C@H](C)NC(C)(C)C)c(F)c1. The Hall–Kier alpha value is -1.09. The van der Waals surface area contributed by atoms with E-state index in [4.69, 9.17) is 4.74 Å². The lowest BCUT2D eigenvalue weighted by atomic mass is 10.0. The maximum Gasteiger partial charge on any atom is 0.131 e. The Labute approximate surface area is 96.8 Å². The summed E-state index contributed by atoms with van der Waals surface area (Å²) in [5.74, 6) is 0.313. The molecule has 1 rings (SSSR count). The van der Waals surface area contributed by atoms with Gasteiger partial charge in [0.05, 0.1) is 7.11 Å². The molecule has 16 heavy (non-hydrogen) atoms. The molecule has 0 aromatic heterocycles. The van der Waals surface area contributed by atoms with Gasteiger partial charge < -0.3 is 10.1 Å². The average Bonchev–Trinajstić information content (AvgIpc) is 2.14. The van der Waals surface area contributed by atoms with Crippen LogP contribution in [0.2, 0.25) is 0 Å². The summed E-state index contributed by atoms with van der Waals surface area (Å²) in [6.07, 6.45) is 0. The lowest BCUT2D eigenvalue weighted by Crippen LogP contribution is -2.37. The van der Waals surface area contributed by atoms with E-state index in [2.05, 4.69) is 26.1 Å². The molecule has 0 radical (unpaired) electrons. The van der Waals surface area contributed by atoms with E-state index in [0.717, 1.165) is 0 Å². The number of halogens is 1. The van der Waals surface area contributed by atoms with Gasteiger partial charge in [0.1, 0.15) is 11.6 Å². The van der Waals surface area contributed by atoms with Gasteiger partial charge in [-0.25, -0.2) is 4.39 Å². The van der Waals surface area contributed by atoms with E-state index >= 15 is 0 Å². The van der Waals surface area contributed by atoms with Crippen molar-refractivity contribution in [2.24, 2.45) is 0 Å². The quantitative estimate of drug-likeness (QED) is 0.852. The lowest BCUT2D eigenvalue weighted by Gasteiger charge is -2.26. The van der Waals surface area contributed by atoms with Crippen LogP contribution in [0.3, 0.4) is 0 Å². The van der Waals surface area contributed by atoms with Gasteiger partial charge in [-0.05, 0) is 33.8 Å². The summed E-state index contributed by atoms with van der Waals surface area (Å²) in [5, 5.41) is 3.33. The fourth-order valence-electron chi connectivity index (χ4n) is 1.71. The molecule has 90 valence electrons. The Morgan fingerprint density at radius 3 is 2.38 bits per heavy atom. The molecule has 1 N–H and O–H groups in total. The molecular weight excluding hydrogens is 205 g/mol. The van der Waals surface area contributed by atoms with Crippen molar-refractivity contribution in [1.82, 2.24) is 5.32 Å². The number of ether oxygens (including phenoxy) is 1. The normalized spacial score (nSPS) is 13.6. The molecule has 0 amide bonds. The molecule has 2 nitrogen and oxygen atoms in total. The van der Waals surface area contributed by atoms with Crippen LogP contribution in [0.5, 0.6) is 5.75 Å². The van der Waals surface area contributed by atoms with E-state index in [-0.39, 0.29) is 17.4 Å². The molecule has 1 aromatic carbocycles. The Bertz CT molecular complexity index is 357. The van der Waals surface area contributed by atoms with Crippen molar-refractivity contribution in [2.45, 2.75) is 39.3 Å². The molecule has 0 aliphatic heterocycles. The van der Waals surface area contributed by atoms with Gasteiger partial charge in [-0.1, -0.05) is 6.07 Å². The molecule has 0 bridgehead atoms. The fraction of sp³-hybridized carbons (Fsp3) is 0.538. The minimum atomic E-state index is -0.233. The van der Waals surface area contributed by atoms with Gasteiger partial charge in [-0.15, -0.1) is 0 Å². The Kier molecular flexibility index (Phi) is 3.92. The van der Waals surface area contributed by atoms with Gasteiger partial charge in [0, 0.05) is 23.2 Å². The van der Waals surface area contributed by atoms with E-state index in [1.54, 1.807) is 12.1 Å². The summed E-state index contributed by atoms with van der Waals surface area (Å²) in [7, 11) is 1.53. The lowest BCUT2D eigenvalue weighted by molar-refractivity contribution is 0.369. The van der Waals surface area contributed by atoms with E-state index in [0.29, 0.717) is 11.3 Å². The first-order valence-electron chi connectivity index (χ1n) is 5.44. The summed E-state index contributed by atoms with van der Waals surface area (Å²) in [6.45, 7) is 8.14. The maximum absolute atomic E-state index is 13.7. The summed E-state index contributed by atoms with van der Waals surface area (Å²) in [5.41, 5.74) is 0.627. The summed E-state index contributed by atoms with van der Waals surface area (Å²) in [4.78, 5) is 0. The van der Waals surface area contributed by atoms with Gasteiger partial charge in [-0.2, -0.15) is 0 Å². The first-order chi connectivity index (χ1) is 7.33. The molecule has 0 spiro atoms. The van der Waals surface area contributed by atoms with Gasteiger partial charge in [-0.3, -0.25) is 0 Å². The Morgan fingerprint density at radius 1 is 1.31 bits per heavy atom. The highest BCUT2D eigenvalue weighted by atomic mass is 19.1. The third-order valence-electron chi connectivity index (χ3n) is 2.32. The molecule has 0 aliphatic carbocycles. The minimum Gasteiger partial charge on any atom is -0.497 e. The zero-order chi connectivity index (χ0) is 12.3. The van der Waals surface area contributed by atoms with Crippen molar-refractivity contribution >= 4 is 0 Å². The van der Waals surface area contributed by atoms with Crippen LogP contribution in [0.4, 0.5) is 4.39 Å². The zero-order valence-corrected chi connectivity index (χ0v) is 10.6. The first-order valence-corrected chi connectivity index (χ1v) is 5.44. The second kappa shape index (κ2) is 4.83. The number of hydrogen-bond acceptors (Lipinski definition) is 2. The third-order valence-corrected chi connectivity index (χ3v) is 2.32. The zero-order valence-electron chi connectivity index (χ0n) is 10.6. The summed E-state index contributed by atoms with van der Waals surface area (Å²) >= 11 is 0. The largest absolute Gasteiger partial charge is 0.497 e. The predicted octanol–water partition coefficient (Wildman–Crippen LogP) is 3.28. The van der Waals surface area contributed by atoms with Crippen LogP contribution in [-0.2, 0) is 0 Å². The molecule has 1 aromatic rings. The van der Waals surface area contributed by atoms with Crippen LogP contribution >= 0.6 is 0 Å². The molecule has 0 saturated carbocycles. The fourth-order valence-corrected chi connectivity index (χ4v) is 1.71. The number of methoxy groups -OCH3 is 1. The predicted molar refractivity (Wildman–Crippen MR) is 64.3 cm³/mol. The maximum atomic E-state index is 13.7. The van der Waals surface area contributed by atoms with Crippen molar-refractivity contribution < 1.29 is 9.13 Å². The first kappa shape index (κ1) is 13.0. The number of benzene rings is 1. The average molecular weight is 225 g/mol. The highest BCUT2D eigenvalue weighted by molar-refractivity contribution is 5.30. The van der Waals surface area contributed by atoms with Gasteiger partial charge in [0.2, 0.25) is 0 Å². The molecule has 1 atom stereocenters. The van der Waals surface area contributed by atoms with Crippen LogP contribution < -0.4 is 10.1 Å². The van der Waals surface area contributed by atoms with Crippen LogP contribution in [0, 0.1) is 5.82 Å². The number of hydrogen-bond donors (Lipinski definition) is 1. The second-order valence-corrected chi connectivity index (χ2v) is 5.00. The molecule has 0 saturated heterocycles. The van der Waals surface area contributed by atoms with Crippen LogP contribution in [-0.4, -0.2) is 12.6 Å². The highest BCUT2D eigenvalue weighted by Crippen LogP contribution is 2.23. The third kappa shape index (κ3) is 3.49. The Morgan fingerprint density at radius 2 is 1.94 bits per heavy atom.